The summed E-state index contributed by atoms with van der Waals surface area (Å²) < 4.78 is 19.6. The lowest BCUT2D eigenvalue weighted by Gasteiger charge is -2.34. The summed E-state index contributed by atoms with van der Waals surface area (Å²) in [7, 11) is 1.42. The minimum Gasteiger partial charge on any atom is -0.479 e. The molecule has 0 aliphatic carbocycles. The monoisotopic (exact) mass is 353 g/mol. The van der Waals surface area contributed by atoms with Gasteiger partial charge in [0.1, 0.15) is 5.65 Å². The first-order valence-electron chi connectivity index (χ1n) is 8.90. The highest BCUT2D eigenvalue weighted by Gasteiger charge is 2.33. The summed E-state index contributed by atoms with van der Waals surface area (Å²) in [6.07, 6.45) is 5.82. The van der Waals surface area contributed by atoms with Crippen LogP contribution < -0.4 is 15.0 Å². The molecule has 0 aromatic carbocycles. The molecule has 2 fully saturated rings. The van der Waals surface area contributed by atoms with Crippen molar-refractivity contribution in [1.29, 1.82) is 0 Å². The first-order chi connectivity index (χ1) is 12.7. The summed E-state index contributed by atoms with van der Waals surface area (Å²) in [5, 5.41) is 4.67. The minimum absolute atomic E-state index is 0.00646. The van der Waals surface area contributed by atoms with Crippen LogP contribution in [0.2, 0.25) is 0 Å². The molecule has 2 saturated heterocycles. The van der Waals surface area contributed by atoms with E-state index in [-0.39, 0.29) is 5.88 Å². The Morgan fingerprint density at radius 3 is 2.69 bits per heavy atom. The Bertz CT molecular complexity index is 960. The Kier molecular flexibility index (Phi) is 3.56. The zero-order chi connectivity index (χ0) is 17.7. The van der Waals surface area contributed by atoms with Crippen LogP contribution in [0.4, 0.5) is 10.1 Å². The Morgan fingerprint density at radius 2 is 1.92 bits per heavy atom. The molecular weight excluding hydrogens is 333 g/mol. The summed E-state index contributed by atoms with van der Waals surface area (Å²) in [4.78, 5) is 14.0. The maximum Gasteiger partial charge on any atom is 0.250 e. The van der Waals surface area contributed by atoms with Gasteiger partial charge in [0.05, 0.1) is 12.8 Å². The number of aromatic nitrogens is 3. The number of aromatic amines is 1. The van der Waals surface area contributed by atoms with Crippen molar-refractivity contribution in [3.8, 4) is 17.1 Å². The van der Waals surface area contributed by atoms with E-state index in [9.17, 15) is 4.39 Å². The molecule has 7 heteroatoms. The van der Waals surface area contributed by atoms with Gasteiger partial charge in [-0.2, -0.15) is 0 Å². The third-order valence-electron chi connectivity index (χ3n) is 5.41. The van der Waals surface area contributed by atoms with Gasteiger partial charge >= 0.3 is 0 Å². The summed E-state index contributed by atoms with van der Waals surface area (Å²) in [6.45, 7) is 1.99. The molecule has 2 atom stereocenters. The zero-order valence-electron chi connectivity index (χ0n) is 14.5. The highest BCUT2D eigenvalue weighted by atomic mass is 19.1. The fraction of sp³-hybridized carbons (Fsp3) is 0.368. The maximum absolute atomic E-state index is 14.6. The predicted molar refractivity (Wildman–Crippen MR) is 98.0 cm³/mol. The molecule has 6 nitrogen and oxygen atoms in total. The molecule has 2 bridgehead atoms. The van der Waals surface area contributed by atoms with Crippen LogP contribution in [0.25, 0.3) is 22.3 Å². The summed E-state index contributed by atoms with van der Waals surface area (Å²) in [5.41, 5.74) is 3.02. The molecule has 0 spiro atoms. The minimum atomic E-state index is -0.469. The van der Waals surface area contributed by atoms with Crippen molar-refractivity contribution in [3.63, 3.8) is 0 Å². The van der Waals surface area contributed by atoms with Crippen molar-refractivity contribution in [2.24, 2.45) is 0 Å². The topological polar surface area (TPSA) is 66.1 Å². The SMILES string of the molecule is COc1nccc(-c2cc3c(N4CC5CCC(C4)N5)ccnc3[nH]2)c1F. The molecule has 0 radical (unpaired) electrons. The second-order valence-electron chi connectivity index (χ2n) is 7.00. The van der Waals surface area contributed by atoms with Crippen LogP contribution >= 0.6 is 0 Å². The van der Waals surface area contributed by atoms with Crippen molar-refractivity contribution in [3.05, 3.63) is 36.4 Å². The van der Waals surface area contributed by atoms with Gasteiger partial charge in [0.25, 0.3) is 5.88 Å². The number of rotatable bonds is 3. The number of pyridine rings is 2. The van der Waals surface area contributed by atoms with E-state index < -0.39 is 5.82 Å². The number of piperazine rings is 1. The van der Waals surface area contributed by atoms with Crippen molar-refractivity contribution in [1.82, 2.24) is 20.3 Å². The molecule has 2 N–H and O–H groups in total. The van der Waals surface area contributed by atoms with Crippen LogP contribution in [-0.2, 0) is 0 Å². The molecular formula is C19H20FN5O. The lowest BCUT2D eigenvalue weighted by molar-refractivity contribution is 0.370. The number of methoxy groups -OCH3 is 1. The molecule has 5 heterocycles. The molecule has 2 unspecified atom stereocenters. The van der Waals surface area contributed by atoms with Crippen LogP contribution in [0.5, 0.6) is 5.88 Å². The second-order valence-corrected chi connectivity index (χ2v) is 7.00. The van der Waals surface area contributed by atoms with E-state index in [1.807, 2.05) is 18.3 Å². The van der Waals surface area contributed by atoms with Gasteiger partial charge in [0.2, 0.25) is 0 Å². The van der Waals surface area contributed by atoms with Crippen molar-refractivity contribution in [2.75, 3.05) is 25.1 Å². The number of hydrogen-bond acceptors (Lipinski definition) is 5. The molecule has 3 aromatic rings. The lowest BCUT2D eigenvalue weighted by atomic mass is 10.1. The van der Waals surface area contributed by atoms with Crippen molar-refractivity contribution < 1.29 is 9.13 Å². The second kappa shape index (κ2) is 5.95. The van der Waals surface area contributed by atoms with E-state index in [0.717, 1.165) is 29.8 Å². The standard InChI is InChI=1S/C19H20FN5O/c1-26-19-17(20)13(4-6-22-19)15-8-14-16(5-7-21-18(14)24-15)25-9-11-2-3-12(10-25)23-11/h4-8,11-12,23H,2-3,9-10H2,1H3,(H,21,24). The van der Waals surface area contributed by atoms with E-state index in [2.05, 4.69) is 25.2 Å². The highest BCUT2D eigenvalue weighted by Crippen LogP contribution is 2.34. The van der Waals surface area contributed by atoms with Gasteiger partial charge in [0.15, 0.2) is 5.82 Å². The number of anilines is 1. The van der Waals surface area contributed by atoms with E-state index in [0.29, 0.717) is 23.3 Å². The molecule has 3 aromatic heterocycles. The van der Waals surface area contributed by atoms with Gasteiger partial charge in [-0.15, -0.1) is 0 Å². The van der Waals surface area contributed by atoms with Crippen LogP contribution in [0, 0.1) is 5.82 Å². The average Bonchev–Trinajstić information content (AvgIpc) is 3.24. The third kappa shape index (κ3) is 2.42. The fourth-order valence-corrected chi connectivity index (χ4v) is 4.20. The Labute approximate surface area is 150 Å². The van der Waals surface area contributed by atoms with Crippen LogP contribution in [0.1, 0.15) is 12.8 Å². The van der Waals surface area contributed by atoms with Gasteiger partial charge < -0.3 is 19.9 Å². The maximum atomic E-state index is 14.6. The van der Waals surface area contributed by atoms with Crippen LogP contribution in [0.15, 0.2) is 30.6 Å². The van der Waals surface area contributed by atoms with Gasteiger partial charge in [-0.3, -0.25) is 0 Å². The molecule has 0 amide bonds. The molecule has 2 aliphatic heterocycles. The van der Waals surface area contributed by atoms with E-state index in [4.69, 9.17) is 4.74 Å². The zero-order valence-corrected chi connectivity index (χ0v) is 14.5. The summed E-state index contributed by atoms with van der Waals surface area (Å²) >= 11 is 0. The summed E-state index contributed by atoms with van der Waals surface area (Å²) in [5.74, 6) is -0.476. The number of hydrogen-bond donors (Lipinski definition) is 2. The molecule has 134 valence electrons. The van der Waals surface area contributed by atoms with Gasteiger partial charge in [-0.1, -0.05) is 0 Å². The highest BCUT2D eigenvalue weighted by molar-refractivity contribution is 5.94. The Balaban J connectivity index is 1.58. The third-order valence-corrected chi connectivity index (χ3v) is 5.41. The number of H-pyrrole nitrogens is 1. The van der Waals surface area contributed by atoms with Gasteiger partial charge in [0, 0.05) is 54.2 Å². The number of halogens is 1. The van der Waals surface area contributed by atoms with Crippen molar-refractivity contribution >= 4 is 16.7 Å². The average molecular weight is 353 g/mol. The van der Waals surface area contributed by atoms with Gasteiger partial charge in [-0.05, 0) is 31.0 Å². The molecule has 5 rings (SSSR count). The predicted octanol–water partition coefficient (Wildman–Crippen LogP) is 2.71. The normalized spacial score (nSPS) is 22.2. The van der Waals surface area contributed by atoms with Crippen LogP contribution in [-0.4, -0.2) is 47.2 Å². The first kappa shape index (κ1) is 15.6. The Hall–Kier alpha value is -2.67. The largest absolute Gasteiger partial charge is 0.479 e. The Morgan fingerprint density at radius 1 is 1.15 bits per heavy atom. The van der Waals surface area contributed by atoms with Gasteiger partial charge in [-0.25, -0.2) is 14.4 Å². The van der Waals surface area contributed by atoms with E-state index in [1.165, 1.54) is 20.0 Å². The summed E-state index contributed by atoms with van der Waals surface area (Å²) in [6, 6.07) is 6.77. The smallest absolute Gasteiger partial charge is 0.250 e. The number of ether oxygens (including phenoxy) is 1. The number of nitrogens with zero attached hydrogens (tertiary/aromatic N) is 3. The van der Waals surface area contributed by atoms with Crippen LogP contribution in [0.3, 0.4) is 0 Å². The van der Waals surface area contributed by atoms with E-state index >= 15 is 0 Å². The fourth-order valence-electron chi connectivity index (χ4n) is 4.20. The molecule has 2 aliphatic rings. The van der Waals surface area contributed by atoms with Crippen molar-refractivity contribution in [2.45, 2.75) is 24.9 Å². The number of fused-ring (bicyclic) bond motifs is 3. The lowest BCUT2D eigenvalue weighted by Crippen LogP contribution is -2.51. The molecule has 0 saturated carbocycles. The quantitative estimate of drug-likeness (QED) is 0.758. The molecule has 26 heavy (non-hydrogen) atoms. The van der Waals surface area contributed by atoms with E-state index in [1.54, 1.807) is 12.3 Å². The first-order valence-corrected chi connectivity index (χ1v) is 8.90. The number of nitrogens with one attached hydrogen (secondary N) is 2.